The van der Waals surface area contributed by atoms with Gasteiger partial charge in [0.05, 0.1) is 10.6 Å². The van der Waals surface area contributed by atoms with Crippen LogP contribution in [-0.2, 0) is 6.18 Å². The van der Waals surface area contributed by atoms with Crippen molar-refractivity contribution in [1.29, 1.82) is 0 Å². The molecule has 1 nitrogen and oxygen atoms in total. The van der Waals surface area contributed by atoms with Crippen molar-refractivity contribution in [2.45, 2.75) is 19.5 Å². The zero-order valence-corrected chi connectivity index (χ0v) is 9.16. The molecule has 0 radical (unpaired) electrons. The van der Waals surface area contributed by atoms with Crippen LogP contribution >= 0.6 is 11.6 Å². The molecule has 0 spiro atoms. The fourth-order valence-electron chi connectivity index (χ4n) is 1.34. The number of alkyl halides is 5. The maximum Gasteiger partial charge on any atom is 0.417 e. The smallest absolute Gasteiger partial charge is 0.294 e. The number of rotatable bonds is 2. The predicted molar refractivity (Wildman–Crippen MR) is 51.4 cm³/mol. The molecule has 0 saturated carbocycles. The van der Waals surface area contributed by atoms with Crippen molar-refractivity contribution in [2.75, 3.05) is 0 Å². The van der Waals surface area contributed by atoms with E-state index < -0.39 is 40.1 Å². The molecule has 0 amide bonds. The van der Waals surface area contributed by atoms with Gasteiger partial charge in [-0.15, -0.1) is 0 Å². The van der Waals surface area contributed by atoms with Crippen LogP contribution in [0.3, 0.4) is 0 Å². The molecule has 0 aliphatic heterocycles. The number of Topliss-reactive ketones (excluding diaryl/α,β-unsaturated/α-hetero) is 1. The number of hydrogen-bond donors (Lipinski definition) is 0. The lowest BCUT2D eigenvalue weighted by molar-refractivity contribution is -0.138. The van der Waals surface area contributed by atoms with Crippen LogP contribution < -0.4 is 0 Å². The molecule has 0 atom stereocenters. The Labute approximate surface area is 98.2 Å². The van der Waals surface area contributed by atoms with Gasteiger partial charge in [0.2, 0.25) is 0 Å². The van der Waals surface area contributed by atoms with Gasteiger partial charge in [-0.05, 0) is 19.1 Å². The topological polar surface area (TPSA) is 17.1 Å². The second-order valence-electron chi connectivity index (χ2n) is 3.28. The Morgan fingerprint density at radius 3 is 2.18 bits per heavy atom. The number of carbonyl (C=O) groups excluding carboxylic acids is 1. The number of hydrogen-bond acceptors (Lipinski definition) is 1. The minimum Gasteiger partial charge on any atom is -0.294 e. The number of halogens is 6. The van der Waals surface area contributed by atoms with Crippen LogP contribution in [0.2, 0.25) is 5.02 Å². The Hall–Kier alpha value is -1.17. The van der Waals surface area contributed by atoms with E-state index in [1.54, 1.807) is 0 Å². The third kappa shape index (κ3) is 2.94. The summed E-state index contributed by atoms with van der Waals surface area (Å²) in [6, 6.07) is 0.908. The van der Waals surface area contributed by atoms with Crippen LogP contribution in [0, 0.1) is 0 Å². The second-order valence-corrected chi connectivity index (χ2v) is 3.69. The zero-order valence-electron chi connectivity index (χ0n) is 8.41. The van der Waals surface area contributed by atoms with Crippen LogP contribution in [0.5, 0.6) is 0 Å². The molecule has 17 heavy (non-hydrogen) atoms. The second kappa shape index (κ2) is 4.60. The molecule has 94 valence electrons. The minimum absolute atomic E-state index is 0.243. The van der Waals surface area contributed by atoms with Gasteiger partial charge in [-0.2, -0.15) is 13.2 Å². The monoisotopic (exact) mass is 272 g/mol. The van der Waals surface area contributed by atoms with Crippen LogP contribution in [-0.4, -0.2) is 5.78 Å². The first-order chi connectivity index (χ1) is 7.64. The summed E-state index contributed by atoms with van der Waals surface area (Å²) in [5.74, 6) is -0.928. The Morgan fingerprint density at radius 2 is 1.82 bits per heavy atom. The maximum atomic E-state index is 12.6. The van der Waals surface area contributed by atoms with E-state index in [1.807, 2.05) is 0 Å². The zero-order chi connectivity index (χ0) is 13.4. The summed E-state index contributed by atoms with van der Waals surface area (Å²) >= 11 is 5.43. The third-order valence-corrected chi connectivity index (χ3v) is 2.32. The minimum atomic E-state index is -4.91. The van der Waals surface area contributed by atoms with E-state index >= 15 is 0 Å². The van der Waals surface area contributed by atoms with E-state index in [4.69, 9.17) is 11.6 Å². The highest BCUT2D eigenvalue weighted by atomic mass is 35.5. The molecule has 0 aromatic heterocycles. The molecule has 0 fully saturated rings. The SMILES string of the molecule is CC(=O)c1c(Cl)cc(C(F)F)cc1C(F)(F)F. The largest absolute Gasteiger partial charge is 0.417 e. The molecule has 0 heterocycles. The lowest BCUT2D eigenvalue weighted by Crippen LogP contribution is -2.13. The van der Waals surface area contributed by atoms with Crippen LogP contribution in [0.4, 0.5) is 22.0 Å². The fourth-order valence-corrected chi connectivity index (χ4v) is 1.70. The Bertz CT molecular complexity index is 453. The van der Waals surface area contributed by atoms with Gasteiger partial charge in [-0.3, -0.25) is 4.79 Å². The summed E-state index contributed by atoms with van der Waals surface area (Å²) < 4.78 is 62.4. The van der Waals surface area contributed by atoms with Gasteiger partial charge >= 0.3 is 6.18 Å². The first kappa shape index (κ1) is 13.9. The van der Waals surface area contributed by atoms with Crippen LogP contribution in [0.25, 0.3) is 0 Å². The Morgan fingerprint density at radius 1 is 1.29 bits per heavy atom. The summed E-state index contributed by atoms with van der Waals surface area (Å²) in [4.78, 5) is 11.0. The normalized spacial score (nSPS) is 12.0. The lowest BCUT2D eigenvalue weighted by atomic mass is 10.0. The summed E-state index contributed by atoms with van der Waals surface area (Å²) in [6.45, 7) is 0.887. The highest BCUT2D eigenvalue weighted by Crippen LogP contribution is 2.38. The van der Waals surface area contributed by atoms with Crippen molar-refractivity contribution < 1.29 is 26.7 Å². The van der Waals surface area contributed by atoms with Gasteiger partial charge < -0.3 is 0 Å². The van der Waals surface area contributed by atoms with Crippen molar-refractivity contribution in [3.63, 3.8) is 0 Å². The van der Waals surface area contributed by atoms with Crippen molar-refractivity contribution in [3.05, 3.63) is 33.8 Å². The van der Waals surface area contributed by atoms with E-state index in [9.17, 15) is 26.7 Å². The highest BCUT2D eigenvalue weighted by Gasteiger charge is 2.36. The average molecular weight is 273 g/mol. The molecular weight excluding hydrogens is 267 g/mol. The Kier molecular flexibility index (Phi) is 3.76. The molecule has 0 bridgehead atoms. The molecular formula is C10H6ClF5O. The molecule has 0 saturated heterocycles. The van der Waals surface area contributed by atoms with Crippen molar-refractivity contribution in [3.8, 4) is 0 Å². The summed E-state index contributed by atoms with van der Waals surface area (Å²) in [6.07, 6.45) is -8.00. The van der Waals surface area contributed by atoms with E-state index in [1.165, 1.54) is 0 Å². The van der Waals surface area contributed by atoms with Crippen LogP contribution in [0.1, 0.15) is 34.8 Å². The van der Waals surface area contributed by atoms with Gasteiger partial charge in [0.15, 0.2) is 5.78 Å². The van der Waals surface area contributed by atoms with Gasteiger partial charge in [0.25, 0.3) is 6.43 Å². The molecule has 0 aliphatic carbocycles. The van der Waals surface area contributed by atoms with E-state index in [0.29, 0.717) is 6.07 Å². The van der Waals surface area contributed by atoms with Crippen molar-refractivity contribution in [1.82, 2.24) is 0 Å². The summed E-state index contributed by atoms with van der Waals surface area (Å²) in [5.41, 5.74) is -3.09. The number of carbonyl (C=O) groups is 1. The van der Waals surface area contributed by atoms with Crippen molar-refractivity contribution >= 4 is 17.4 Å². The standard InChI is InChI=1S/C10H6ClF5O/c1-4(17)8-6(10(14,15)16)2-5(9(12)13)3-7(8)11/h2-3,9H,1H3. The van der Waals surface area contributed by atoms with E-state index in [2.05, 4.69) is 0 Å². The van der Waals surface area contributed by atoms with Crippen LogP contribution in [0.15, 0.2) is 12.1 Å². The summed E-state index contributed by atoms with van der Waals surface area (Å²) in [7, 11) is 0. The first-order valence-corrected chi connectivity index (χ1v) is 4.72. The Balaban J connectivity index is 3.57. The number of benzene rings is 1. The average Bonchev–Trinajstić information content (AvgIpc) is 2.14. The predicted octanol–water partition coefficient (Wildman–Crippen LogP) is 4.50. The molecule has 7 heteroatoms. The van der Waals surface area contributed by atoms with Gasteiger partial charge in [-0.1, -0.05) is 11.6 Å². The molecule has 0 N–H and O–H groups in total. The van der Waals surface area contributed by atoms with E-state index in [-0.39, 0.29) is 6.07 Å². The van der Waals surface area contributed by atoms with Crippen molar-refractivity contribution in [2.24, 2.45) is 0 Å². The van der Waals surface area contributed by atoms with Gasteiger partial charge in [0.1, 0.15) is 0 Å². The molecule has 1 aromatic carbocycles. The van der Waals surface area contributed by atoms with Gasteiger partial charge in [-0.25, -0.2) is 8.78 Å². The molecule has 0 unspecified atom stereocenters. The van der Waals surface area contributed by atoms with Gasteiger partial charge in [0, 0.05) is 11.1 Å². The van der Waals surface area contributed by atoms with E-state index in [0.717, 1.165) is 6.92 Å². The first-order valence-electron chi connectivity index (χ1n) is 4.34. The summed E-state index contributed by atoms with van der Waals surface area (Å²) in [5, 5.41) is -0.623. The molecule has 1 aromatic rings. The fraction of sp³-hybridized carbons (Fsp3) is 0.300. The molecule has 1 rings (SSSR count). The third-order valence-electron chi connectivity index (χ3n) is 2.02. The molecule has 0 aliphatic rings. The highest BCUT2D eigenvalue weighted by molar-refractivity contribution is 6.34. The quantitative estimate of drug-likeness (QED) is 0.572. The lowest BCUT2D eigenvalue weighted by Gasteiger charge is -2.14. The maximum absolute atomic E-state index is 12.6. The number of ketones is 1.